The number of ether oxygens (including phenoxy) is 1. The number of guanidine groups is 1. The number of halogens is 1. The highest BCUT2D eigenvalue weighted by Gasteiger charge is 1.99. The van der Waals surface area contributed by atoms with Crippen LogP contribution < -0.4 is 10.6 Å². The molecule has 146 valence electrons. The first-order valence-corrected chi connectivity index (χ1v) is 9.46. The van der Waals surface area contributed by atoms with E-state index in [2.05, 4.69) is 55.1 Å². The summed E-state index contributed by atoms with van der Waals surface area (Å²) in [5.74, 6) is 1.61. The monoisotopic (exact) mass is 456 g/mol. The van der Waals surface area contributed by atoms with Gasteiger partial charge >= 0.3 is 0 Å². The van der Waals surface area contributed by atoms with Crippen LogP contribution in [0, 0.1) is 5.92 Å². The zero-order valence-corrected chi connectivity index (χ0v) is 18.9. The number of nitrogens with one attached hydrogen (secondary N) is 2. The van der Waals surface area contributed by atoms with Crippen LogP contribution in [0.15, 0.2) is 4.99 Å². The van der Waals surface area contributed by atoms with Gasteiger partial charge in [-0.2, -0.15) is 0 Å². The Balaban J connectivity index is 0. The summed E-state index contributed by atoms with van der Waals surface area (Å²) in [6.45, 7) is 18.6. The topological polar surface area (TPSA) is 48.9 Å². The molecule has 0 saturated heterocycles. The van der Waals surface area contributed by atoms with Gasteiger partial charge in [0.2, 0.25) is 0 Å². The molecule has 5 nitrogen and oxygen atoms in total. The molecular weight excluding hydrogens is 415 g/mol. The Hall–Kier alpha value is -0.0800. The summed E-state index contributed by atoms with van der Waals surface area (Å²) in [5, 5.41) is 6.62. The van der Waals surface area contributed by atoms with E-state index in [1.165, 1.54) is 13.0 Å². The summed E-state index contributed by atoms with van der Waals surface area (Å²) < 4.78 is 5.62. The smallest absolute Gasteiger partial charge is 0.191 e. The standard InChI is InChI=1S/C18H40N4O.HI/c1-6-19-18(21-13-16-23-15-11-17(4)5)20-12-9-10-14-22(7-2)8-3;/h17H,6-16H2,1-5H3,(H2,19,20,21);1H. The van der Waals surface area contributed by atoms with Crippen LogP contribution in [-0.4, -0.2) is 63.3 Å². The summed E-state index contributed by atoms with van der Waals surface area (Å²) in [6, 6.07) is 0. The Morgan fingerprint density at radius 2 is 1.75 bits per heavy atom. The number of rotatable bonds is 14. The molecule has 0 unspecified atom stereocenters. The lowest BCUT2D eigenvalue weighted by Crippen LogP contribution is -2.39. The Morgan fingerprint density at radius 3 is 2.33 bits per heavy atom. The van der Waals surface area contributed by atoms with E-state index < -0.39 is 0 Å². The van der Waals surface area contributed by atoms with E-state index in [4.69, 9.17) is 4.74 Å². The molecule has 0 atom stereocenters. The van der Waals surface area contributed by atoms with Gasteiger partial charge in [0, 0.05) is 26.2 Å². The van der Waals surface area contributed by atoms with E-state index in [-0.39, 0.29) is 24.0 Å². The second-order valence-electron chi connectivity index (χ2n) is 6.22. The average Bonchev–Trinajstić information content (AvgIpc) is 2.53. The molecule has 24 heavy (non-hydrogen) atoms. The van der Waals surface area contributed by atoms with Crippen LogP contribution in [0.3, 0.4) is 0 Å². The highest BCUT2D eigenvalue weighted by Crippen LogP contribution is 1.98. The van der Waals surface area contributed by atoms with E-state index >= 15 is 0 Å². The lowest BCUT2D eigenvalue weighted by molar-refractivity contribution is 0.128. The zero-order chi connectivity index (χ0) is 17.3. The number of nitrogens with zero attached hydrogens (tertiary/aromatic N) is 2. The first-order valence-electron chi connectivity index (χ1n) is 9.46. The van der Waals surface area contributed by atoms with Crippen LogP contribution >= 0.6 is 24.0 Å². The van der Waals surface area contributed by atoms with Gasteiger partial charge in [0.1, 0.15) is 0 Å². The minimum Gasteiger partial charge on any atom is -0.380 e. The molecule has 0 aromatic carbocycles. The molecule has 0 spiro atoms. The molecule has 6 heteroatoms. The molecule has 0 aliphatic rings. The van der Waals surface area contributed by atoms with Gasteiger partial charge in [0.05, 0.1) is 6.61 Å². The van der Waals surface area contributed by atoms with Crippen LogP contribution in [0.25, 0.3) is 0 Å². The Bertz CT molecular complexity index is 284. The molecule has 0 radical (unpaired) electrons. The van der Waals surface area contributed by atoms with Crippen molar-refractivity contribution in [1.82, 2.24) is 15.5 Å². The van der Waals surface area contributed by atoms with Crippen LogP contribution in [0.4, 0.5) is 0 Å². The molecule has 0 fully saturated rings. The lowest BCUT2D eigenvalue weighted by atomic mass is 10.1. The van der Waals surface area contributed by atoms with Gasteiger partial charge in [-0.3, -0.25) is 4.99 Å². The fourth-order valence-corrected chi connectivity index (χ4v) is 2.18. The zero-order valence-electron chi connectivity index (χ0n) is 16.6. The number of hydrogen-bond acceptors (Lipinski definition) is 3. The number of hydrogen-bond donors (Lipinski definition) is 2. The molecule has 0 aromatic heterocycles. The molecule has 0 aromatic rings. The summed E-state index contributed by atoms with van der Waals surface area (Å²) >= 11 is 0. The van der Waals surface area contributed by atoms with Gasteiger partial charge in [0.25, 0.3) is 0 Å². The van der Waals surface area contributed by atoms with Crippen molar-refractivity contribution >= 4 is 29.9 Å². The van der Waals surface area contributed by atoms with E-state index in [1.54, 1.807) is 0 Å². The Kier molecular flexibility index (Phi) is 21.0. The largest absolute Gasteiger partial charge is 0.380 e. The van der Waals surface area contributed by atoms with E-state index in [9.17, 15) is 0 Å². The highest BCUT2D eigenvalue weighted by atomic mass is 127. The van der Waals surface area contributed by atoms with Gasteiger partial charge in [0.15, 0.2) is 5.96 Å². The van der Waals surface area contributed by atoms with Gasteiger partial charge < -0.3 is 20.3 Å². The minimum absolute atomic E-state index is 0. The van der Waals surface area contributed by atoms with E-state index in [0.29, 0.717) is 5.92 Å². The molecule has 0 heterocycles. The third kappa shape index (κ3) is 16.8. The summed E-state index contributed by atoms with van der Waals surface area (Å²) in [4.78, 5) is 7.09. The van der Waals surface area contributed by atoms with Crippen LogP contribution in [0.5, 0.6) is 0 Å². The van der Waals surface area contributed by atoms with E-state index in [0.717, 1.165) is 64.7 Å². The van der Waals surface area contributed by atoms with Crippen LogP contribution in [0.1, 0.15) is 53.9 Å². The number of unbranched alkanes of at least 4 members (excludes halogenated alkanes) is 1. The van der Waals surface area contributed by atoms with Crippen molar-refractivity contribution in [2.24, 2.45) is 10.9 Å². The van der Waals surface area contributed by atoms with Gasteiger partial charge in [-0.25, -0.2) is 0 Å². The molecule has 0 bridgehead atoms. The summed E-state index contributed by atoms with van der Waals surface area (Å²) in [7, 11) is 0. The molecule has 0 saturated carbocycles. The second kappa shape index (κ2) is 19.2. The predicted octanol–water partition coefficient (Wildman–Crippen LogP) is 3.34. The van der Waals surface area contributed by atoms with Crippen molar-refractivity contribution < 1.29 is 4.74 Å². The van der Waals surface area contributed by atoms with Crippen molar-refractivity contribution in [3.05, 3.63) is 0 Å². The Morgan fingerprint density at radius 1 is 1.04 bits per heavy atom. The highest BCUT2D eigenvalue weighted by molar-refractivity contribution is 14.0. The average molecular weight is 456 g/mol. The fraction of sp³-hybridized carbons (Fsp3) is 0.944. The maximum atomic E-state index is 5.62. The number of aliphatic imine (C=N–C) groups is 1. The maximum Gasteiger partial charge on any atom is 0.191 e. The normalized spacial score (nSPS) is 11.7. The molecule has 0 amide bonds. The van der Waals surface area contributed by atoms with Crippen LogP contribution in [0.2, 0.25) is 0 Å². The summed E-state index contributed by atoms with van der Waals surface area (Å²) in [6.07, 6.45) is 3.47. The van der Waals surface area contributed by atoms with Crippen molar-refractivity contribution in [3.63, 3.8) is 0 Å². The molecule has 0 aliphatic heterocycles. The van der Waals surface area contributed by atoms with Crippen molar-refractivity contribution in [2.45, 2.75) is 53.9 Å². The van der Waals surface area contributed by atoms with Crippen molar-refractivity contribution in [3.8, 4) is 0 Å². The second-order valence-corrected chi connectivity index (χ2v) is 6.22. The molecular formula is C18H41IN4O. The SMILES string of the molecule is CCNC(=NCCCCN(CC)CC)NCCOCCC(C)C.I. The maximum absolute atomic E-state index is 5.62. The first-order chi connectivity index (χ1) is 11.1. The van der Waals surface area contributed by atoms with Crippen LogP contribution in [-0.2, 0) is 4.74 Å². The third-order valence-electron chi connectivity index (χ3n) is 3.77. The van der Waals surface area contributed by atoms with Crippen molar-refractivity contribution in [2.75, 3.05) is 52.5 Å². The van der Waals surface area contributed by atoms with Gasteiger partial charge in [-0.15, -0.1) is 24.0 Å². The molecule has 2 N–H and O–H groups in total. The molecule has 0 rings (SSSR count). The van der Waals surface area contributed by atoms with E-state index in [1.807, 2.05) is 0 Å². The minimum atomic E-state index is 0. The Labute approximate surface area is 167 Å². The first kappa shape index (κ1) is 26.2. The third-order valence-corrected chi connectivity index (χ3v) is 3.77. The predicted molar refractivity (Wildman–Crippen MR) is 117 cm³/mol. The van der Waals surface area contributed by atoms with Gasteiger partial charge in [-0.1, -0.05) is 27.7 Å². The molecule has 0 aliphatic carbocycles. The summed E-state index contributed by atoms with van der Waals surface area (Å²) in [5.41, 5.74) is 0. The van der Waals surface area contributed by atoms with Gasteiger partial charge in [-0.05, 0) is 51.7 Å². The quantitative estimate of drug-likeness (QED) is 0.182. The fourth-order valence-electron chi connectivity index (χ4n) is 2.18. The lowest BCUT2D eigenvalue weighted by Gasteiger charge is -2.17. The van der Waals surface area contributed by atoms with Crippen molar-refractivity contribution in [1.29, 1.82) is 0 Å².